The van der Waals surface area contributed by atoms with E-state index in [1.165, 1.54) is 29.2 Å². The van der Waals surface area contributed by atoms with E-state index in [1.807, 2.05) is 0 Å². The Hall–Kier alpha value is -2.00. The molecule has 6 heteroatoms. The van der Waals surface area contributed by atoms with E-state index < -0.39 is 5.82 Å². The molecule has 4 nitrogen and oxygen atoms in total. The molecule has 0 fully saturated rings. The summed E-state index contributed by atoms with van der Waals surface area (Å²) in [6, 6.07) is 6.26. The Balaban J connectivity index is 2.44. The Kier molecular flexibility index (Phi) is 3.53. The van der Waals surface area contributed by atoms with Crippen LogP contribution in [0, 0.1) is 17.1 Å². The van der Waals surface area contributed by atoms with E-state index in [4.69, 9.17) is 5.26 Å². The predicted molar refractivity (Wildman–Crippen MR) is 66.4 cm³/mol. The monoisotopic (exact) mass is 307 g/mol. The lowest BCUT2D eigenvalue weighted by atomic mass is 10.1. The molecule has 0 atom stereocenters. The Morgan fingerprint density at radius 3 is 3.00 bits per heavy atom. The molecular formula is C12H7BrFN3O. The molecule has 0 saturated carbocycles. The molecule has 1 aromatic heterocycles. The molecule has 0 aliphatic heterocycles. The van der Waals surface area contributed by atoms with Crippen molar-refractivity contribution in [2.24, 2.45) is 0 Å². The van der Waals surface area contributed by atoms with Gasteiger partial charge in [-0.3, -0.25) is 9.36 Å². The number of nitrogens with zero attached hydrogens (tertiary/aromatic N) is 3. The van der Waals surface area contributed by atoms with Crippen LogP contribution in [0.2, 0.25) is 0 Å². The SMILES string of the molecule is N#Cc1cccc(Cn2cncc(Br)c2=O)c1F. The molecule has 0 bridgehead atoms. The molecular weight excluding hydrogens is 301 g/mol. The molecule has 0 saturated heterocycles. The van der Waals surface area contributed by atoms with Crippen molar-refractivity contribution in [3.05, 3.63) is 62.5 Å². The minimum Gasteiger partial charge on any atom is -0.294 e. The first-order valence-electron chi connectivity index (χ1n) is 5.01. The van der Waals surface area contributed by atoms with Crippen LogP contribution in [0.3, 0.4) is 0 Å². The molecule has 0 N–H and O–H groups in total. The van der Waals surface area contributed by atoms with Crippen LogP contribution in [-0.4, -0.2) is 9.55 Å². The van der Waals surface area contributed by atoms with Crippen molar-refractivity contribution in [1.82, 2.24) is 9.55 Å². The summed E-state index contributed by atoms with van der Waals surface area (Å²) in [6.45, 7) is 0.0344. The van der Waals surface area contributed by atoms with Gasteiger partial charge in [0.1, 0.15) is 16.4 Å². The maximum Gasteiger partial charge on any atom is 0.267 e. The Morgan fingerprint density at radius 2 is 2.28 bits per heavy atom. The van der Waals surface area contributed by atoms with Crippen molar-refractivity contribution in [1.29, 1.82) is 5.26 Å². The molecule has 0 spiro atoms. The van der Waals surface area contributed by atoms with E-state index in [0.29, 0.717) is 4.47 Å². The Morgan fingerprint density at radius 1 is 1.50 bits per heavy atom. The maximum atomic E-state index is 13.8. The maximum absolute atomic E-state index is 13.8. The third kappa shape index (κ3) is 2.31. The van der Waals surface area contributed by atoms with E-state index in [0.717, 1.165) is 0 Å². The van der Waals surface area contributed by atoms with Gasteiger partial charge in [0, 0.05) is 11.8 Å². The zero-order valence-electron chi connectivity index (χ0n) is 9.10. The van der Waals surface area contributed by atoms with E-state index in [2.05, 4.69) is 20.9 Å². The van der Waals surface area contributed by atoms with Gasteiger partial charge < -0.3 is 0 Å². The van der Waals surface area contributed by atoms with Crippen LogP contribution in [-0.2, 0) is 6.54 Å². The average Bonchev–Trinajstić information content (AvgIpc) is 2.37. The fourth-order valence-corrected chi connectivity index (χ4v) is 1.85. The second kappa shape index (κ2) is 5.10. The molecule has 0 aliphatic rings. The van der Waals surface area contributed by atoms with E-state index in [1.54, 1.807) is 12.1 Å². The molecule has 0 unspecified atom stereocenters. The highest BCUT2D eigenvalue weighted by Gasteiger charge is 2.09. The largest absolute Gasteiger partial charge is 0.294 e. The fraction of sp³-hybridized carbons (Fsp3) is 0.0833. The number of hydrogen-bond donors (Lipinski definition) is 0. The van der Waals surface area contributed by atoms with Gasteiger partial charge in [-0.1, -0.05) is 12.1 Å². The van der Waals surface area contributed by atoms with Gasteiger partial charge in [0.05, 0.1) is 18.4 Å². The summed E-state index contributed by atoms with van der Waals surface area (Å²) >= 11 is 3.06. The summed E-state index contributed by atoms with van der Waals surface area (Å²) in [4.78, 5) is 15.6. The lowest BCUT2D eigenvalue weighted by molar-refractivity contribution is 0.590. The predicted octanol–water partition coefficient (Wildman–Crippen LogP) is 2.06. The zero-order valence-corrected chi connectivity index (χ0v) is 10.7. The van der Waals surface area contributed by atoms with Crippen LogP contribution in [0.25, 0.3) is 0 Å². The number of nitriles is 1. The standard InChI is InChI=1S/C12H7BrFN3O/c13-10-5-16-7-17(12(10)18)6-9-3-1-2-8(4-15)11(9)14/h1-3,5,7H,6H2. The van der Waals surface area contributed by atoms with Gasteiger partial charge in [0.25, 0.3) is 5.56 Å². The molecule has 1 heterocycles. The molecule has 2 rings (SSSR count). The zero-order chi connectivity index (χ0) is 13.1. The lowest BCUT2D eigenvalue weighted by Crippen LogP contribution is -2.21. The minimum atomic E-state index is -0.605. The topological polar surface area (TPSA) is 58.7 Å². The third-order valence-corrected chi connectivity index (χ3v) is 2.94. The van der Waals surface area contributed by atoms with Crippen molar-refractivity contribution < 1.29 is 4.39 Å². The quantitative estimate of drug-likeness (QED) is 0.853. The number of aromatic nitrogens is 2. The molecule has 1 aromatic carbocycles. The number of hydrogen-bond acceptors (Lipinski definition) is 3. The second-order valence-corrected chi connectivity index (χ2v) is 4.42. The van der Waals surface area contributed by atoms with Gasteiger partial charge in [-0.25, -0.2) is 9.37 Å². The normalized spacial score (nSPS) is 10.1. The van der Waals surface area contributed by atoms with Gasteiger partial charge in [0.2, 0.25) is 0 Å². The van der Waals surface area contributed by atoms with Gasteiger partial charge >= 0.3 is 0 Å². The highest BCUT2D eigenvalue weighted by molar-refractivity contribution is 9.10. The summed E-state index contributed by atoms with van der Waals surface area (Å²) in [5, 5.41) is 8.73. The smallest absolute Gasteiger partial charge is 0.267 e. The van der Waals surface area contributed by atoms with Crippen molar-refractivity contribution in [3.8, 4) is 6.07 Å². The van der Waals surface area contributed by atoms with Gasteiger partial charge in [-0.05, 0) is 22.0 Å². The summed E-state index contributed by atoms with van der Waals surface area (Å²) < 4.78 is 15.4. The number of rotatable bonds is 2. The molecule has 0 radical (unpaired) electrons. The van der Waals surface area contributed by atoms with E-state index >= 15 is 0 Å². The lowest BCUT2D eigenvalue weighted by Gasteiger charge is -2.07. The van der Waals surface area contributed by atoms with E-state index in [-0.39, 0.29) is 23.2 Å². The summed E-state index contributed by atoms with van der Waals surface area (Å²) in [5.74, 6) is -0.605. The number of halogens is 2. The van der Waals surface area contributed by atoms with Crippen molar-refractivity contribution in [3.63, 3.8) is 0 Å². The molecule has 0 aliphatic carbocycles. The molecule has 18 heavy (non-hydrogen) atoms. The van der Waals surface area contributed by atoms with Crippen LogP contribution in [0.5, 0.6) is 0 Å². The average molecular weight is 308 g/mol. The van der Waals surface area contributed by atoms with Gasteiger partial charge in [0.15, 0.2) is 0 Å². The molecule has 90 valence electrons. The molecule has 0 amide bonds. The highest BCUT2D eigenvalue weighted by atomic mass is 79.9. The molecule has 2 aromatic rings. The third-order valence-electron chi connectivity index (χ3n) is 2.40. The van der Waals surface area contributed by atoms with Crippen LogP contribution in [0.15, 0.2) is 40.0 Å². The fourth-order valence-electron chi connectivity index (χ4n) is 1.51. The summed E-state index contributed by atoms with van der Waals surface area (Å²) in [7, 11) is 0. The summed E-state index contributed by atoms with van der Waals surface area (Å²) in [6.07, 6.45) is 2.70. The van der Waals surface area contributed by atoms with Crippen molar-refractivity contribution in [2.75, 3.05) is 0 Å². The first-order valence-corrected chi connectivity index (χ1v) is 5.80. The second-order valence-electron chi connectivity index (χ2n) is 3.57. The van der Waals surface area contributed by atoms with Crippen LogP contribution in [0.4, 0.5) is 4.39 Å². The minimum absolute atomic E-state index is 0.0344. The first-order chi connectivity index (χ1) is 8.63. The van der Waals surface area contributed by atoms with Crippen molar-refractivity contribution >= 4 is 15.9 Å². The Labute approximate surface area is 110 Å². The van der Waals surface area contributed by atoms with E-state index in [9.17, 15) is 9.18 Å². The van der Waals surface area contributed by atoms with Crippen LogP contribution in [0.1, 0.15) is 11.1 Å². The first kappa shape index (κ1) is 12.5. The Bertz CT molecular complexity index is 690. The van der Waals surface area contributed by atoms with Crippen molar-refractivity contribution in [2.45, 2.75) is 6.54 Å². The summed E-state index contributed by atoms with van der Waals surface area (Å²) in [5.41, 5.74) is -0.0636. The number of benzene rings is 1. The highest BCUT2D eigenvalue weighted by Crippen LogP contribution is 2.13. The van der Waals surface area contributed by atoms with Crippen LogP contribution < -0.4 is 5.56 Å². The van der Waals surface area contributed by atoms with Gasteiger partial charge in [-0.15, -0.1) is 0 Å². The van der Waals surface area contributed by atoms with Gasteiger partial charge in [-0.2, -0.15) is 5.26 Å². The van der Waals surface area contributed by atoms with Crippen LogP contribution >= 0.6 is 15.9 Å².